The van der Waals surface area contributed by atoms with Gasteiger partial charge in [-0.25, -0.2) is 4.98 Å². The zero-order valence-electron chi connectivity index (χ0n) is 15.1. The number of benzene rings is 3. The smallest absolute Gasteiger partial charge is 0.248 e. The number of oxazole rings is 1. The number of hydrogen-bond donors (Lipinski definition) is 0. The number of para-hydroxylation sites is 1. The topological polar surface area (TPSA) is 43.9 Å². The molecule has 5 aromatic rings. The van der Waals surface area contributed by atoms with Crippen molar-refractivity contribution >= 4 is 45.4 Å². The number of hydrogen-bond acceptors (Lipinski definition) is 4. The molecule has 5 rings (SSSR count). The van der Waals surface area contributed by atoms with E-state index in [1.54, 1.807) is 17.8 Å². The highest BCUT2D eigenvalue weighted by molar-refractivity contribution is 7.98. The molecule has 0 spiro atoms. The average molecular weight is 406 g/mol. The van der Waals surface area contributed by atoms with Crippen molar-refractivity contribution in [1.82, 2.24) is 14.8 Å². The van der Waals surface area contributed by atoms with Crippen LogP contribution in [0.3, 0.4) is 0 Å². The van der Waals surface area contributed by atoms with Gasteiger partial charge in [-0.05, 0) is 42.2 Å². The molecular formula is C22H16ClN3OS. The lowest BCUT2D eigenvalue weighted by molar-refractivity contribution is 0.611. The minimum absolute atomic E-state index is 0.505. The number of aromatic nitrogens is 3. The summed E-state index contributed by atoms with van der Waals surface area (Å²) < 4.78 is 7.96. The molecule has 0 unspecified atom stereocenters. The van der Waals surface area contributed by atoms with E-state index in [1.165, 1.54) is 10.5 Å². The molecule has 0 atom stereocenters. The summed E-state index contributed by atoms with van der Waals surface area (Å²) in [6.45, 7) is 0.682. The molecule has 0 saturated carbocycles. The molecule has 0 amide bonds. The summed E-state index contributed by atoms with van der Waals surface area (Å²) >= 11 is 7.81. The first-order valence-corrected chi connectivity index (χ1v) is 10.5. The highest BCUT2D eigenvalue weighted by Gasteiger charge is 2.17. The number of thioether (sulfide) groups is 1. The van der Waals surface area contributed by atoms with Gasteiger partial charge in [-0.3, -0.25) is 4.68 Å². The van der Waals surface area contributed by atoms with Crippen LogP contribution in [0.25, 0.3) is 33.6 Å². The summed E-state index contributed by atoms with van der Waals surface area (Å²) in [4.78, 5) is 5.86. The molecule has 28 heavy (non-hydrogen) atoms. The molecule has 138 valence electrons. The van der Waals surface area contributed by atoms with Crippen molar-refractivity contribution in [3.63, 3.8) is 0 Å². The zero-order valence-corrected chi connectivity index (χ0v) is 16.7. The van der Waals surface area contributed by atoms with Crippen LogP contribution in [0.15, 0.2) is 76.0 Å². The predicted molar refractivity (Wildman–Crippen MR) is 115 cm³/mol. The SMILES string of the molecule is CSc1ccc(Cn2nc(-c3nc4ccc(Cl)cc4o3)c3ccccc32)cc1. The number of fused-ring (bicyclic) bond motifs is 2. The lowest BCUT2D eigenvalue weighted by atomic mass is 10.2. The van der Waals surface area contributed by atoms with Crippen LogP contribution in [0.2, 0.25) is 5.02 Å². The fraction of sp³-hybridized carbons (Fsp3) is 0.0909. The molecule has 0 radical (unpaired) electrons. The van der Waals surface area contributed by atoms with Gasteiger partial charge in [0.1, 0.15) is 5.52 Å². The second-order valence-corrected chi connectivity index (χ2v) is 7.82. The van der Waals surface area contributed by atoms with Gasteiger partial charge in [0.15, 0.2) is 11.3 Å². The van der Waals surface area contributed by atoms with Gasteiger partial charge in [-0.15, -0.1) is 11.8 Å². The lowest BCUT2D eigenvalue weighted by Gasteiger charge is -2.04. The predicted octanol–water partition coefficient (Wildman–Crippen LogP) is 6.27. The standard InChI is InChI=1S/C22H16ClN3OS/c1-28-16-9-6-14(7-10-16)13-26-19-5-3-2-4-17(19)21(25-26)22-24-18-11-8-15(23)12-20(18)27-22/h2-12H,13H2,1H3. The van der Waals surface area contributed by atoms with Crippen LogP contribution in [-0.2, 0) is 6.54 Å². The van der Waals surface area contributed by atoms with Gasteiger partial charge >= 0.3 is 0 Å². The second kappa shape index (κ2) is 7.00. The number of halogens is 1. The first-order chi connectivity index (χ1) is 13.7. The van der Waals surface area contributed by atoms with E-state index in [4.69, 9.17) is 21.1 Å². The summed E-state index contributed by atoms with van der Waals surface area (Å²) in [7, 11) is 0. The average Bonchev–Trinajstić information content (AvgIpc) is 3.30. The number of rotatable bonds is 4. The summed E-state index contributed by atoms with van der Waals surface area (Å²) in [5.41, 5.74) is 4.41. The Hall–Kier alpha value is -2.76. The highest BCUT2D eigenvalue weighted by Crippen LogP contribution is 2.31. The van der Waals surface area contributed by atoms with E-state index in [9.17, 15) is 0 Å². The zero-order chi connectivity index (χ0) is 19.1. The van der Waals surface area contributed by atoms with Crippen LogP contribution in [0.5, 0.6) is 0 Å². The fourth-order valence-electron chi connectivity index (χ4n) is 3.31. The number of nitrogens with zero attached hydrogens (tertiary/aromatic N) is 3. The summed E-state index contributed by atoms with van der Waals surface area (Å²) in [5, 5.41) is 6.48. The largest absolute Gasteiger partial charge is 0.435 e. The van der Waals surface area contributed by atoms with E-state index in [0.717, 1.165) is 22.1 Å². The van der Waals surface area contributed by atoms with Crippen LogP contribution >= 0.6 is 23.4 Å². The molecule has 0 saturated heterocycles. The van der Waals surface area contributed by atoms with E-state index in [1.807, 2.05) is 35.0 Å². The van der Waals surface area contributed by atoms with Crippen molar-refractivity contribution in [2.75, 3.05) is 6.26 Å². The molecule has 3 aromatic carbocycles. The quantitative estimate of drug-likeness (QED) is 0.330. The Morgan fingerprint density at radius 3 is 2.68 bits per heavy atom. The van der Waals surface area contributed by atoms with Crippen LogP contribution < -0.4 is 0 Å². The van der Waals surface area contributed by atoms with E-state index in [-0.39, 0.29) is 0 Å². The van der Waals surface area contributed by atoms with Gasteiger partial charge in [-0.2, -0.15) is 5.10 Å². The monoisotopic (exact) mass is 405 g/mol. The van der Waals surface area contributed by atoms with Crippen molar-refractivity contribution in [3.8, 4) is 11.6 Å². The molecule has 0 aliphatic carbocycles. The highest BCUT2D eigenvalue weighted by atomic mass is 35.5. The Kier molecular flexibility index (Phi) is 4.34. The third-order valence-electron chi connectivity index (χ3n) is 4.70. The fourth-order valence-corrected chi connectivity index (χ4v) is 3.88. The maximum absolute atomic E-state index is 6.08. The summed E-state index contributed by atoms with van der Waals surface area (Å²) in [6.07, 6.45) is 2.08. The van der Waals surface area contributed by atoms with Gasteiger partial charge in [0, 0.05) is 21.4 Å². The molecule has 6 heteroatoms. The van der Waals surface area contributed by atoms with Gasteiger partial charge in [0.05, 0.1) is 12.1 Å². The molecular weight excluding hydrogens is 390 g/mol. The van der Waals surface area contributed by atoms with Crippen molar-refractivity contribution in [1.29, 1.82) is 0 Å². The minimum Gasteiger partial charge on any atom is -0.435 e. The second-order valence-electron chi connectivity index (χ2n) is 6.50. The molecule has 4 nitrogen and oxygen atoms in total. The van der Waals surface area contributed by atoms with Crippen LogP contribution in [0, 0.1) is 0 Å². The third-order valence-corrected chi connectivity index (χ3v) is 5.68. The van der Waals surface area contributed by atoms with E-state index in [0.29, 0.717) is 23.0 Å². The summed E-state index contributed by atoms with van der Waals surface area (Å²) in [6, 6.07) is 22.1. The van der Waals surface area contributed by atoms with Crippen molar-refractivity contribution in [2.45, 2.75) is 11.4 Å². The van der Waals surface area contributed by atoms with E-state index in [2.05, 4.69) is 41.6 Å². The molecule has 0 fully saturated rings. The Bertz CT molecular complexity index is 1290. The molecule has 2 aromatic heterocycles. The maximum Gasteiger partial charge on any atom is 0.248 e. The van der Waals surface area contributed by atoms with Gasteiger partial charge in [-0.1, -0.05) is 41.9 Å². The molecule has 0 bridgehead atoms. The molecule has 0 N–H and O–H groups in total. The maximum atomic E-state index is 6.08. The minimum atomic E-state index is 0.505. The first kappa shape index (κ1) is 17.3. The van der Waals surface area contributed by atoms with Crippen LogP contribution in [-0.4, -0.2) is 21.0 Å². The van der Waals surface area contributed by atoms with Crippen LogP contribution in [0.4, 0.5) is 0 Å². The van der Waals surface area contributed by atoms with Gasteiger partial charge < -0.3 is 4.42 Å². The van der Waals surface area contributed by atoms with E-state index >= 15 is 0 Å². The van der Waals surface area contributed by atoms with Gasteiger partial charge in [0.25, 0.3) is 0 Å². The Morgan fingerprint density at radius 2 is 1.86 bits per heavy atom. The Morgan fingerprint density at radius 1 is 1.04 bits per heavy atom. The first-order valence-electron chi connectivity index (χ1n) is 8.86. The molecule has 0 aliphatic rings. The summed E-state index contributed by atoms with van der Waals surface area (Å²) in [5.74, 6) is 0.505. The molecule has 0 aliphatic heterocycles. The van der Waals surface area contributed by atoms with Crippen LogP contribution in [0.1, 0.15) is 5.56 Å². The Labute approximate surface area is 171 Å². The molecule has 2 heterocycles. The Balaban J connectivity index is 1.61. The van der Waals surface area contributed by atoms with Crippen molar-refractivity contribution < 1.29 is 4.42 Å². The third kappa shape index (κ3) is 3.07. The normalized spacial score (nSPS) is 11.5. The van der Waals surface area contributed by atoms with Gasteiger partial charge in [0.2, 0.25) is 5.89 Å². The van der Waals surface area contributed by atoms with Crippen molar-refractivity contribution in [2.24, 2.45) is 0 Å². The van der Waals surface area contributed by atoms with E-state index < -0.39 is 0 Å². The lowest BCUT2D eigenvalue weighted by Crippen LogP contribution is -2.01. The van der Waals surface area contributed by atoms with Crippen molar-refractivity contribution in [3.05, 3.63) is 77.3 Å².